The Morgan fingerprint density at radius 3 is 2.59 bits per heavy atom. The maximum Gasteiger partial charge on any atom is 0.240 e. The minimum absolute atomic E-state index is 0.0381. The van der Waals surface area contributed by atoms with E-state index in [1.807, 2.05) is 46.8 Å². The second kappa shape index (κ2) is 9.01. The van der Waals surface area contributed by atoms with Crippen molar-refractivity contribution >= 4 is 23.6 Å². The highest BCUT2D eigenvalue weighted by atomic mass is 32.2. The molecule has 9 heteroatoms. The van der Waals surface area contributed by atoms with Gasteiger partial charge in [0.15, 0.2) is 5.16 Å². The molecule has 0 aliphatic carbocycles. The zero-order chi connectivity index (χ0) is 19.2. The van der Waals surface area contributed by atoms with Gasteiger partial charge in [0.2, 0.25) is 11.8 Å². The summed E-state index contributed by atoms with van der Waals surface area (Å²) in [6.07, 6.45) is 0.637. The smallest absolute Gasteiger partial charge is 0.240 e. The molecule has 144 valence electrons. The molecule has 0 unspecified atom stereocenters. The number of primary amides is 1. The number of amides is 2. The number of benzene rings is 1. The van der Waals surface area contributed by atoms with Crippen molar-refractivity contribution in [3.63, 3.8) is 0 Å². The van der Waals surface area contributed by atoms with Crippen molar-refractivity contribution in [3.8, 4) is 0 Å². The summed E-state index contributed by atoms with van der Waals surface area (Å²) < 4.78 is 7.17. The number of thioether (sulfide) groups is 1. The summed E-state index contributed by atoms with van der Waals surface area (Å²) >= 11 is 1.37. The quantitative estimate of drug-likeness (QED) is 0.707. The summed E-state index contributed by atoms with van der Waals surface area (Å²) in [6.45, 7) is 2.29. The first kappa shape index (κ1) is 19.4. The summed E-state index contributed by atoms with van der Waals surface area (Å²) in [7, 11) is 1.83. The Bertz CT molecular complexity index is 790. The van der Waals surface area contributed by atoms with Gasteiger partial charge in [0, 0.05) is 33.0 Å². The monoisotopic (exact) mass is 389 g/mol. The number of ether oxygens (including phenoxy) is 1. The predicted molar refractivity (Wildman–Crippen MR) is 101 cm³/mol. The molecule has 8 nitrogen and oxygen atoms in total. The lowest BCUT2D eigenvalue weighted by Gasteiger charge is -2.30. The van der Waals surface area contributed by atoms with Crippen molar-refractivity contribution in [2.45, 2.75) is 23.2 Å². The van der Waals surface area contributed by atoms with Crippen molar-refractivity contribution in [3.05, 3.63) is 41.7 Å². The van der Waals surface area contributed by atoms with E-state index in [2.05, 4.69) is 10.2 Å². The minimum Gasteiger partial charge on any atom is -0.378 e. The third kappa shape index (κ3) is 4.86. The van der Waals surface area contributed by atoms with Crippen molar-refractivity contribution in [2.75, 3.05) is 26.3 Å². The van der Waals surface area contributed by atoms with E-state index in [0.717, 1.165) is 5.56 Å². The van der Waals surface area contributed by atoms with Crippen LogP contribution in [0.15, 0.2) is 35.5 Å². The highest BCUT2D eigenvalue weighted by Crippen LogP contribution is 2.36. The fourth-order valence-corrected chi connectivity index (χ4v) is 3.95. The summed E-state index contributed by atoms with van der Waals surface area (Å²) in [5.41, 5.74) is 6.13. The number of hydrogen-bond acceptors (Lipinski definition) is 6. The molecule has 2 heterocycles. The fourth-order valence-electron chi connectivity index (χ4n) is 2.84. The number of aryl methyl sites for hydroxylation is 1. The molecular weight excluding hydrogens is 366 g/mol. The maximum absolute atomic E-state index is 13.2. The summed E-state index contributed by atoms with van der Waals surface area (Å²) in [5.74, 6) is 0.329. The number of morpholine rings is 1. The van der Waals surface area contributed by atoms with E-state index >= 15 is 0 Å². The van der Waals surface area contributed by atoms with Crippen LogP contribution in [0.25, 0.3) is 0 Å². The van der Waals surface area contributed by atoms with Crippen LogP contribution in [0.2, 0.25) is 0 Å². The standard InChI is InChI=1S/C18H23N5O3S/c1-22-15(8-7-14(19)24)20-21-18(22)27-16(13-5-3-2-4-6-13)17(25)23-9-11-26-12-10-23/h2-6,16H,7-12H2,1H3,(H2,19,24)/t16-/m1/s1. The Hall–Kier alpha value is -2.39. The van der Waals surface area contributed by atoms with Gasteiger partial charge in [-0.25, -0.2) is 0 Å². The van der Waals surface area contributed by atoms with E-state index < -0.39 is 5.25 Å². The molecule has 0 saturated carbocycles. The Morgan fingerprint density at radius 1 is 1.22 bits per heavy atom. The first-order valence-corrected chi connectivity index (χ1v) is 9.69. The van der Waals surface area contributed by atoms with Crippen LogP contribution in [0.3, 0.4) is 0 Å². The first-order chi connectivity index (χ1) is 13.1. The molecule has 1 fully saturated rings. The van der Waals surface area contributed by atoms with Crippen LogP contribution in [0.5, 0.6) is 0 Å². The molecule has 0 radical (unpaired) electrons. The SMILES string of the molecule is Cn1c(CCC(N)=O)nnc1S[C@@H](C(=O)N1CCOCC1)c1ccccc1. The topological polar surface area (TPSA) is 103 Å². The van der Waals surface area contributed by atoms with Crippen LogP contribution in [-0.4, -0.2) is 57.8 Å². The van der Waals surface area contributed by atoms with Crippen LogP contribution in [-0.2, 0) is 27.8 Å². The molecule has 3 rings (SSSR count). The highest BCUT2D eigenvalue weighted by Gasteiger charge is 2.29. The fraction of sp³-hybridized carbons (Fsp3) is 0.444. The van der Waals surface area contributed by atoms with Crippen molar-refractivity contribution < 1.29 is 14.3 Å². The van der Waals surface area contributed by atoms with Gasteiger partial charge in [0.05, 0.1) is 13.2 Å². The maximum atomic E-state index is 13.2. The molecule has 1 aromatic heterocycles. The molecule has 1 saturated heterocycles. The molecule has 1 atom stereocenters. The third-order valence-electron chi connectivity index (χ3n) is 4.39. The lowest BCUT2D eigenvalue weighted by Crippen LogP contribution is -2.42. The average molecular weight is 389 g/mol. The van der Waals surface area contributed by atoms with E-state index in [1.165, 1.54) is 11.8 Å². The lowest BCUT2D eigenvalue weighted by molar-refractivity contribution is -0.134. The molecule has 2 aromatic rings. The van der Waals surface area contributed by atoms with Crippen molar-refractivity contribution in [2.24, 2.45) is 12.8 Å². The van der Waals surface area contributed by atoms with E-state index in [0.29, 0.717) is 43.7 Å². The molecule has 27 heavy (non-hydrogen) atoms. The normalized spacial score (nSPS) is 15.5. The number of hydrogen-bond donors (Lipinski definition) is 1. The average Bonchev–Trinajstić information content (AvgIpc) is 3.04. The largest absolute Gasteiger partial charge is 0.378 e. The lowest BCUT2D eigenvalue weighted by atomic mass is 10.1. The van der Waals surface area contributed by atoms with E-state index in [-0.39, 0.29) is 18.2 Å². The van der Waals surface area contributed by atoms with Crippen molar-refractivity contribution in [1.29, 1.82) is 0 Å². The van der Waals surface area contributed by atoms with Gasteiger partial charge in [-0.15, -0.1) is 10.2 Å². The number of nitrogens with zero attached hydrogens (tertiary/aromatic N) is 4. The van der Waals surface area contributed by atoms with Crippen LogP contribution in [0.1, 0.15) is 23.1 Å². The van der Waals surface area contributed by atoms with Crippen LogP contribution in [0, 0.1) is 0 Å². The summed E-state index contributed by atoms with van der Waals surface area (Å²) in [5, 5.41) is 8.57. The molecular formula is C18H23N5O3S. The van der Waals surface area contributed by atoms with Gasteiger partial charge < -0.3 is 19.9 Å². The molecule has 1 aliphatic rings. The predicted octanol–water partition coefficient (Wildman–Crippen LogP) is 0.925. The Labute approximate surface area is 162 Å². The van der Waals surface area contributed by atoms with E-state index in [1.54, 1.807) is 0 Å². The van der Waals surface area contributed by atoms with Gasteiger partial charge in [-0.05, 0) is 5.56 Å². The number of rotatable bonds is 7. The van der Waals surface area contributed by atoms with Gasteiger partial charge in [-0.3, -0.25) is 9.59 Å². The van der Waals surface area contributed by atoms with Crippen LogP contribution in [0.4, 0.5) is 0 Å². The van der Waals surface area contributed by atoms with E-state index in [4.69, 9.17) is 10.5 Å². The van der Waals surface area contributed by atoms with E-state index in [9.17, 15) is 9.59 Å². The zero-order valence-corrected chi connectivity index (χ0v) is 16.0. The van der Waals surface area contributed by atoms with Crippen LogP contribution >= 0.6 is 11.8 Å². The van der Waals surface area contributed by atoms with Gasteiger partial charge in [-0.2, -0.15) is 0 Å². The highest BCUT2D eigenvalue weighted by molar-refractivity contribution is 8.00. The number of aromatic nitrogens is 3. The number of carbonyl (C=O) groups excluding carboxylic acids is 2. The second-order valence-electron chi connectivity index (χ2n) is 6.27. The minimum atomic E-state index is -0.420. The van der Waals surface area contributed by atoms with Crippen LogP contribution < -0.4 is 5.73 Å². The Morgan fingerprint density at radius 2 is 1.93 bits per heavy atom. The first-order valence-electron chi connectivity index (χ1n) is 8.81. The molecule has 2 amide bonds. The summed E-state index contributed by atoms with van der Waals surface area (Å²) in [6, 6.07) is 9.66. The van der Waals surface area contributed by atoms with Gasteiger partial charge in [0.1, 0.15) is 11.1 Å². The molecule has 2 N–H and O–H groups in total. The second-order valence-corrected chi connectivity index (χ2v) is 7.34. The molecule has 0 bridgehead atoms. The number of nitrogens with two attached hydrogens (primary N) is 1. The molecule has 0 spiro atoms. The molecule has 1 aromatic carbocycles. The van der Waals surface area contributed by atoms with Gasteiger partial charge in [-0.1, -0.05) is 42.1 Å². The summed E-state index contributed by atoms with van der Waals surface area (Å²) in [4.78, 5) is 26.0. The molecule has 1 aliphatic heterocycles. The van der Waals surface area contributed by atoms with Crippen molar-refractivity contribution in [1.82, 2.24) is 19.7 Å². The van der Waals surface area contributed by atoms with Gasteiger partial charge in [0.25, 0.3) is 0 Å². The Balaban J connectivity index is 1.81. The zero-order valence-electron chi connectivity index (χ0n) is 15.2. The number of carbonyl (C=O) groups is 2. The third-order valence-corrected chi connectivity index (χ3v) is 5.67. The van der Waals surface area contributed by atoms with Gasteiger partial charge >= 0.3 is 0 Å². The Kier molecular flexibility index (Phi) is 6.46.